The molecular weight excluding hydrogens is 452 g/mol. The third-order valence-electron chi connectivity index (χ3n) is 6.57. The molecule has 36 heavy (non-hydrogen) atoms. The number of rotatable bonds is 8. The van der Waals surface area contributed by atoms with E-state index in [0.29, 0.717) is 49.2 Å². The Kier molecular flexibility index (Phi) is 6.85. The van der Waals surface area contributed by atoms with Crippen LogP contribution in [0.1, 0.15) is 54.0 Å². The van der Waals surface area contributed by atoms with E-state index in [4.69, 9.17) is 14.2 Å². The maximum Gasteiger partial charge on any atom is 0.254 e. The van der Waals surface area contributed by atoms with Gasteiger partial charge in [-0.2, -0.15) is 0 Å². The van der Waals surface area contributed by atoms with E-state index in [2.05, 4.69) is 35.3 Å². The highest BCUT2D eigenvalue weighted by Gasteiger charge is 2.35. The molecule has 186 valence electrons. The molecule has 0 radical (unpaired) electrons. The summed E-state index contributed by atoms with van der Waals surface area (Å²) in [6.45, 7) is 7.74. The van der Waals surface area contributed by atoms with Crippen molar-refractivity contribution in [3.63, 3.8) is 0 Å². The normalized spacial score (nSPS) is 15.0. The minimum atomic E-state index is -0.229. The molecule has 4 aromatic rings. The Morgan fingerprint density at radius 3 is 2.19 bits per heavy atom. The molecule has 0 aliphatic carbocycles. The van der Waals surface area contributed by atoms with E-state index in [9.17, 15) is 4.79 Å². The number of ether oxygens (including phenoxy) is 3. The quantitative estimate of drug-likeness (QED) is 0.326. The molecule has 0 saturated heterocycles. The summed E-state index contributed by atoms with van der Waals surface area (Å²) in [6, 6.07) is 21.9. The average Bonchev–Trinajstić information content (AvgIpc) is 3.29. The largest absolute Gasteiger partial charge is 0.490 e. The molecule has 3 aromatic carbocycles. The van der Waals surface area contributed by atoms with Crippen molar-refractivity contribution >= 4 is 16.8 Å². The zero-order valence-electron chi connectivity index (χ0n) is 21.0. The Morgan fingerprint density at radius 1 is 0.889 bits per heavy atom. The van der Waals surface area contributed by atoms with Crippen molar-refractivity contribution in [1.82, 2.24) is 9.88 Å². The molecule has 0 unspecified atom stereocenters. The first-order chi connectivity index (χ1) is 17.7. The van der Waals surface area contributed by atoms with E-state index >= 15 is 0 Å². The number of carbonyl (C=O) groups excluding carboxylic acids is 1. The molecule has 1 aromatic heterocycles. The third-order valence-corrected chi connectivity index (χ3v) is 6.57. The molecule has 1 aliphatic rings. The number of hydrogen-bond donors (Lipinski definition) is 1. The second kappa shape index (κ2) is 10.4. The predicted octanol–water partition coefficient (Wildman–Crippen LogP) is 6.15. The lowest BCUT2D eigenvalue weighted by atomic mass is 9.91. The van der Waals surface area contributed by atoms with Crippen molar-refractivity contribution in [3.8, 4) is 17.2 Å². The molecule has 6 heteroatoms. The molecule has 0 fully saturated rings. The summed E-state index contributed by atoms with van der Waals surface area (Å²) >= 11 is 0. The van der Waals surface area contributed by atoms with Crippen LogP contribution in [-0.4, -0.2) is 42.2 Å². The predicted molar refractivity (Wildman–Crippen MR) is 141 cm³/mol. The summed E-state index contributed by atoms with van der Waals surface area (Å²) in [7, 11) is 0. The summed E-state index contributed by atoms with van der Waals surface area (Å²) < 4.78 is 17.6. The first kappa shape index (κ1) is 23.8. The SMILES string of the molecule is CCOc1cc(C(=O)N2CCc3c([nH]c4ccccc34)[C@@H]2c2ccccc2)cc(OCC)c1OCC. The molecule has 1 aliphatic heterocycles. The smallest absolute Gasteiger partial charge is 0.254 e. The summed E-state index contributed by atoms with van der Waals surface area (Å²) in [5.41, 5.74) is 5.03. The number of nitrogens with one attached hydrogen (secondary N) is 1. The van der Waals surface area contributed by atoms with E-state index in [1.807, 2.05) is 49.9 Å². The number of fused-ring (bicyclic) bond motifs is 3. The van der Waals surface area contributed by atoms with Gasteiger partial charge in [0.15, 0.2) is 11.5 Å². The van der Waals surface area contributed by atoms with Gasteiger partial charge in [-0.05, 0) is 56.5 Å². The number of aromatic amines is 1. The first-order valence-corrected chi connectivity index (χ1v) is 12.7. The molecule has 0 spiro atoms. The number of para-hydroxylation sites is 1. The molecule has 5 rings (SSSR count). The number of nitrogens with zero attached hydrogens (tertiary/aromatic N) is 1. The van der Waals surface area contributed by atoms with Gasteiger partial charge in [0, 0.05) is 28.7 Å². The van der Waals surface area contributed by atoms with Gasteiger partial charge < -0.3 is 24.1 Å². The van der Waals surface area contributed by atoms with Crippen LogP contribution in [0.25, 0.3) is 10.9 Å². The van der Waals surface area contributed by atoms with E-state index in [0.717, 1.165) is 23.2 Å². The highest BCUT2D eigenvalue weighted by atomic mass is 16.5. The van der Waals surface area contributed by atoms with Gasteiger partial charge in [0.1, 0.15) is 0 Å². The maximum absolute atomic E-state index is 14.2. The maximum atomic E-state index is 14.2. The van der Waals surface area contributed by atoms with Crippen LogP contribution in [0.2, 0.25) is 0 Å². The van der Waals surface area contributed by atoms with Crippen LogP contribution >= 0.6 is 0 Å². The number of benzene rings is 3. The molecule has 0 bridgehead atoms. The van der Waals surface area contributed by atoms with Crippen LogP contribution in [0.3, 0.4) is 0 Å². The number of carbonyl (C=O) groups is 1. The number of hydrogen-bond acceptors (Lipinski definition) is 4. The summed E-state index contributed by atoms with van der Waals surface area (Å²) in [4.78, 5) is 19.7. The van der Waals surface area contributed by atoms with Crippen LogP contribution in [0, 0.1) is 0 Å². The zero-order chi connectivity index (χ0) is 25.1. The van der Waals surface area contributed by atoms with Gasteiger partial charge in [-0.1, -0.05) is 48.5 Å². The van der Waals surface area contributed by atoms with Crippen molar-refractivity contribution in [1.29, 1.82) is 0 Å². The van der Waals surface area contributed by atoms with E-state index in [-0.39, 0.29) is 11.9 Å². The molecule has 1 N–H and O–H groups in total. The molecule has 0 saturated carbocycles. The minimum absolute atomic E-state index is 0.0712. The number of H-pyrrole nitrogens is 1. The Hall–Kier alpha value is -3.93. The fourth-order valence-electron chi connectivity index (χ4n) is 5.12. The third kappa shape index (κ3) is 4.28. The van der Waals surface area contributed by atoms with Crippen molar-refractivity contribution in [2.75, 3.05) is 26.4 Å². The van der Waals surface area contributed by atoms with E-state index in [1.54, 1.807) is 12.1 Å². The topological polar surface area (TPSA) is 63.8 Å². The second-order valence-corrected chi connectivity index (χ2v) is 8.73. The molecule has 2 heterocycles. The lowest BCUT2D eigenvalue weighted by Crippen LogP contribution is -2.40. The summed E-state index contributed by atoms with van der Waals surface area (Å²) in [6.07, 6.45) is 0.780. The Morgan fingerprint density at radius 2 is 1.53 bits per heavy atom. The molecule has 6 nitrogen and oxygen atoms in total. The second-order valence-electron chi connectivity index (χ2n) is 8.73. The number of amides is 1. The average molecular weight is 485 g/mol. The van der Waals surface area contributed by atoms with Crippen LogP contribution in [0.4, 0.5) is 0 Å². The lowest BCUT2D eigenvalue weighted by Gasteiger charge is -2.36. The van der Waals surface area contributed by atoms with Gasteiger partial charge in [0.2, 0.25) is 5.75 Å². The van der Waals surface area contributed by atoms with Crippen LogP contribution < -0.4 is 14.2 Å². The van der Waals surface area contributed by atoms with E-state index < -0.39 is 0 Å². The summed E-state index contributed by atoms with van der Waals surface area (Å²) in [5.74, 6) is 1.51. The molecule has 1 atom stereocenters. The van der Waals surface area contributed by atoms with Gasteiger partial charge in [0.05, 0.1) is 25.9 Å². The Bertz CT molecular complexity index is 1340. The highest BCUT2D eigenvalue weighted by Crippen LogP contribution is 2.42. The van der Waals surface area contributed by atoms with Crippen molar-refractivity contribution < 1.29 is 19.0 Å². The standard InChI is InChI=1S/C30H32N2O4/c1-4-34-25-18-21(19-26(35-5-2)29(25)36-6-3)30(33)32-17-16-23-22-14-10-11-15-24(22)31-27(23)28(32)20-12-8-7-9-13-20/h7-15,18-19,28,31H,4-6,16-17H2,1-3H3/t28-/m0/s1. The molecule has 1 amide bonds. The van der Waals surface area contributed by atoms with Gasteiger partial charge >= 0.3 is 0 Å². The highest BCUT2D eigenvalue weighted by molar-refractivity contribution is 5.97. The monoisotopic (exact) mass is 484 g/mol. The number of aromatic nitrogens is 1. The van der Waals surface area contributed by atoms with Gasteiger partial charge in [-0.25, -0.2) is 0 Å². The van der Waals surface area contributed by atoms with Crippen LogP contribution in [-0.2, 0) is 6.42 Å². The Balaban J connectivity index is 1.61. The van der Waals surface area contributed by atoms with Gasteiger partial charge in [0.25, 0.3) is 5.91 Å². The van der Waals surface area contributed by atoms with Crippen LogP contribution in [0.5, 0.6) is 17.2 Å². The fourth-order valence-corrected chi connectivity index (χ4v) is 5.12. The van der Waals surface area contributed by atoms with Crippen LogP contribution in [0.15, 0.2) is 66.7 Å². The fraction of sp³-hybridized carbons (Fsp3) is 0.300. The summed E-state index contributed by atoms with van der Waals surface area (Å²) in [5, 5.41) is 1.22. The lowest BCUT2D eigenvalue weighted by molar-refractivity contribution is 0.0691. The zero-order valence-corrected chi connectivity index (χ0v) is 21.0. The van der Waals surface area contributed by atoms with Crippen molar-refractivity contribution in [3.05, 3.63) is 89.1 Å². The van der Waals surface area contributed by atoms with Gasteiger partial charge in [-0.15, -0.1) is 0 Å². The van der Waals surface area contributed by atoms with Crippen molar-refractivity contribution in [2.24, 2.45) is 0 Å². The van der Waals surface area contributed by atoms with E-state index in [1.165, 1.54) is 10.9 Å². The van der Waals surface area contributed by atoms with Crippen molar-refractivity contribution in [2.45, 2.75) is 33.2 Å². The van der Waals surface area contributed by atoms with Gasteiger partial charge in [-0.3, -0.25) is 4.79 Å². The Labute approximate surface area is 211 Å². The molecular formula is C30H32N2O4. The minimum Gasteiger partial charge on any atom is -0.490 e. The first-order valence-electron chi connectivity index (χ1n) is 12.7.